The van der Waals surface area contributed by atoms with Crippen LogP contribution in [0.15, 0.2) is 30.4 Å². The van der Waals surface area contributed by atoms with E-state index in [4.69, 9.17) is 27.9 Å². The number of amides is 1. The van der Waals surface area contributed by atoms with E-state index in [2.05, 4.69) is 6.58 Å². The second-order valence-corrected chi connectivity index (χ2v) is 5.47. The van der Waals surface area contributed by atoms with Gasteiger partial charge in [0.05, 0.1) is 5.56 Å². The Bertz CT molecular complexity index is 538. The van der Waals surface area contributed by atoms with Crippen LogP contribution in [0.5, 0.6) is 0 Å². The molecular weight excluding hydrogens is 313 g/mol. The van der Waals surface area contributed by atoms with Gasteiger partial charge in [0.25, 0.3) is 5.91 Å². The number of esters is 1. The molecule has 0 saturated carbocycles. The monoisotopic (exact) mass is 329 g/mol. The van der Waals surface area contributed by atoms with E-state index in [-0.39, 0.29) is 18.1 Å². The highest BCUT2D eigenvalue weighted by molar-refractivity contribution is 6.35. The Morgan fingerprint density at radius 1 is 1.24 bits per heavy atom. The van der Waals surface area contributed by atoms with Gasteiger partial charge in [0.2, 0.25) is 0 Å². The van der Waals surface area contributed by atoms with Crippen molar-refractivity contribution in [3.05, 3.63) is 46.0 Å². The molecule has 21 heavy (non-hydrogen) atoms. The number of hydrogen-bond acceptors (Lipinski definition) is 3. The first-order valence-electron chi connectivity index (χ1n) is 6.38. The minimum Gasteiger partial charge on any atom is -0.452 e. The fourth-order valence-electron chi connectivity index (χ4n) is 1.68. The van der Waals surface area contributed by atoms with Crippen LogP contribution >= 0.6 is 23.2 Å². The number of halogens is 2. The third-order valence-electron chi connectivity index (χ3n) is 2.62. The molecule has 0 aromatic heterocycles. The number of carbonyl (C=O) groups is 2. The maximum absolute atomic E-state index is 11.9. The molecule has 0 saturated heterocycles. The molecule has 0 aliphatic carbocycles. The van der Waals surface area contributed by atoms with Gasteiger partial charge in [0, 0.05) is 23.1 Å². The van der Waals surface area contributed by atoms with Crippen LogP contribution in [0, 0.1) is 0 Å². The predicted molar refractivity (Wildman–Crippen MR) is 83.8 cm³/mol. The van der Waals surface area contributed by atoms with Crippen molar-refractivity contribution in [2.24, 2.45) is 0 Å². The van der Waals surface area contributed by atoms with Crippen molar-refractivity contribution >= 4 is 35.1 Å². The lowest BCUT2D eigenvalue weighted by Crippen LogP contribution is -2.35. The number of benzene rings is 1. The van der Waals surface area contributed by atoms with Crippen LogP contribution in [-0.2, 0) is 9.53 Å². The quantitative estimate of drug-likeness (QED) is 0.592. The minimum absolute atomic E-state index is 0.211. The van der Waals surface area contributed by atoms with Crippen molar-refractivity contribution in [3.8, 4) is 0 Å². The molecule has 0 unspecified atom stereocenters. The molecule has 114 valence electrons. The molecule has 0 heterocycles. The molecule has 1 aromatic rings. The van der Waals surface area contributed by atoms with Gasteiger partial charge >= 0.3 is 5.97 Å². The van der Waals surface area contributed by atoms with Crippen LogP contribution in [0.3, 0.4) is 0 Å². The van der Waals surface area contributed by atoms with E-state index in [9.17, 15) is 9.59 Å². The summed E-state index contributed by atoms with van der Waals surface area (Å²) in [5, 5.41) is 0.663. The predicted octanol–water partition coefficient (Wildman–Crippen LogP) is 3.57. The SMILES string of the molecule is C=C(C)CN(CC)C(=O)COC(=O)c1cc(Cl)cc(Cl)c1. The summed E-state index contributed by atoms with van der Waals surface area (Å²) in [5.41, 5.74) is 1.07. The summed E-state index contributed by atoms with van der Waals surface area (Å²) in [6.07, 6.45) is 0. The number of nitrogens with zero attached hydrogens (tertiary/aromatic N) is 1. The molecule has 1 aromatic carbocycles. The van der Waals surface area contributed by atoms with E-state index in [1.807, 2.05) is 13.8 Å². The molecule has 6 heteroatoms. The maximum Gasteiger partial charge on any atom is 0.338 e. The van der Waals surface area contributed by atoms with Crippen molar-refractivity contribution in [3.63, 3.8) is 0 Å². The normalized spacial score (nSPS) is 10.1. The Hall–Kier alpha value is -1.52. The summed E-state index contributed by atoms with van der Waals surface area (Å²) >= 11 is 11.6. The van der Waals surface area contributed by atoms with Crippen molar-refractivity contribution in [2.45, 2.75) is 13.8 Å². The van der Waals surface area contributed by atoms with Crippen LogP contribution in [0.25, 0.3) is 0 Å². The maximum atomic E-state index is 11.9. The lowest BCUT2D eigenvalue weighted by Gasteiger charge is -2.20. The number of rotatable bonds is 6. The Kier molecular flexibility index (Phi) is 6.72. The summed E-state index contributed by atoms with van der Waals surface area (Å²) in [6, 6.07) is 4.38. The van der Waals surface area contributed by atoms with E-state index < -0.39 is 5.97 Å². The molecule has 0 N–H and O–H groups in total. The largest absolute Gasteiger partial charge is 0.452 e. The molecule has 0 aliphatic heterocycles. The molecule has 1 rings (SSSR count). The molecule has 0 aliphatic rings. The standard InChI is InChI=1S/C15H17Cl2NO3/c1-4-18(8-10(2)3)14(19)9-21-15(20)11-5-12(16)7-13(17)6-11/h5-7H,2,4,8-9H2,1,3H3. The molecule has 1 amide bonds. The smallest absolute Gasteiger partial charge is 0.338 e. The van der Waals surface area contributed by atoms with E-state index >= 15 is 0 Å². The van der Waals surface area contributed by atoms with Crippen LogP contribution in [0.4, 0.5) is 0 Å². The van der Waals surface area contributed by atoms with Gasteiger partial charge in [-0.1, -0.05) is 35.4 Å². The van der Waals surface area contributed by atoms with Gasteiger partial charge in [-0.05, 0) is 32.0 Å². The number of likely N-dealkylation sites (N-methyl/N-ethyl adjacent to an activating group) is 1. The lowest BCUT2D eigenvalue weighted by atomic mass is 10.2. The van der Waals surface area contributed by atoms with Crippen LogP contribution in [0.2, 0.25) is 10.0 Å². The van der Waals surface area contributed by atoms with Gasteiger partial charge in [0.15, 0.2) is 6.61 Å². The average Bonchev–Trinajstić information content (AvgIpc) is 2.40. The zero-order valence-corrected chi connectivity index (χ0v) is 13.5. The Morgan fingerprint density at radius 3 is 2.29 bits per heavy atom. The zero-order valence-electron chi connectivity index (χ0n) is 12.0. The van der Waals surface area contributed by atoms with Gasteiger partial charge in [-0.25, -0.2) is 4.79 Å². The Labute approximate surface area is 134 Å². The summed E-state index contributed by atoms with van der Waals surface area (Å²) < 4.78 is 4.99. The van der Waals surface area contributed by atoms with Gasteiger partial charge in [-0.2, -0.15) is 0 Å². The van der Waals surface area contributed by atoms with Crippen molar-refractivity contribution in [1.29, 1.82) is 0 Å². The second-order valence-electron chi connectivity index (χ2n) is 4.60. The molecule has 0 bridgehead atoms. The van der Waals surface area contributed by atoms with Crippen LogP contribution < -0.4 is 0 Å². The fourth-order valence-corrected chi connectivity index (χ4v) is 2.20. The van der Waals surface area contributed by atoms with Crippen molar-refractivity contribution < 1.29 is 14.3 Å². The first-order valence-corrected chi connectivity index (χ1v) is 7.14. The zero-order chi connectivity index (χ0) is 16.0. The third-order valence-corrected chi connectivity index (χ3v) is 3.06. The van der Waals surface area contributed by atoms with Gasteiger partial charge < -0.3 is 9.64 Å². The van der Waals surface area contributed by atoms with E-state index in [0.717, 1.165) is 5.57 Å². The minimum atomic E-state index is -0.640. The van der Waals surface area contributed by atoms with E-state index in [1.165, 1.54) is 18.2 Å². The second kappa shape index (κ2) is 8.05. The number of hydrogen-bond donors (Lipinski definition) is 0. The fraction of sp³-hybridized carbons (Fsp3) is 0.333. The number of carbonyl (C=O) groups excluding carboxylic acids is 2. The molecule has 0 atom stereocenters. The van der Waals surface area contributed by atoms with Crippen LogP contribution in [-0.4, -0.2) is 36.5 Å². The third kappa shape index (κ3) is 5.78. The average molecular weight is 330 g/mol. The molecule has 0 spiro atoms. The van der Waals surface area contributed by atoms with E-state index in [0.29, 0.717) is 23.1 Å². The highest BCUT2D eigenvalue weighted by atomic mass is 35.5. The van der Waals surface area contributed by atoms with E-state index in [1.54, 1.807) is 4.90 Å². The highest BCUT2D eigenvalue weighted by Gasteiger charge is 2.16. The summed E-state index contributed by atoms with van der Waals surface area (Å²) in [6.45, 7) is 8.06. The lowest BCUT2D eigenvalue weighted by molar-refractivity contribution is -0.133. The van der Waals surface area contributed by atoms with Gasteiger partial charge in [-0.3, -0.25) is 4.79 Å². The van der Waals surface area contributed by atoms with Crippen molar-refractivity contribution in [1.82, 2.24) is 4.90 Å². The molecule has 0 radical (unpaired) electrons. The summed E-state index contributed by atoms with van der Waals surface area (Å²) in [5.74, 6) is -0.916. The molecule has 0 fully saturated rings. The molecular formula is C15H17Cl2NO3. The van der Waals surface area contributed by atoms with Gasteiger partial charge in [-0.15, -0.1) is 0 Å². The molecule has 4 nitrogen and oxygen atoms in total. The summed E-state index contributed by atoms with van der Waals surface area (Å²) in [4.78, 5) is 25.3. The number of ether oxygens (including phenoxy) is 1. The van der Waals surface area contributed by atoms with Gasteiger partial charge in [0.1, 0.15) is 0 Å². The topological polar surface area (TPSA) is 46.6 Å². The Balaban J connectivity index is 2.63. The van der Waals surface area contributed by atoms with Crippen molar-refractivity contribution in [2.75, 3.05) is 19.7 Å². The Morgan fingerprint density at radius 2 is 1.81 bits per heavy atom. The highest BCUT2D eigenvalue weighted by Crippen LogP contribution is 2.19. The van der Waals surface area contributed by atoms with Crippen LogP contribution in [0.1, 0.15) is 24.2 Å². The first-order chi connectivity index (χ1) is 9.83. The first kappa shape index (κ1) is 17.5. The summed E-state index contributed by atoms with van der Waals surface area (Å²) in [7, 11) is 0.